The van der Waals surface area contributed by atoms with Crippen LogP contribution in [0.5, 0.6) is 5.75 Å². The van der Waals surface area contributed by atoms with Crippen LogP contribution in [0.15, 0.2) is 48.5 Å². The second-order valence-corrected chi connectivity index (χ2v) is 5.98. The van der Waals surface area contributed by atoms with E-state index in [-0.39, 0.29) is 0 Å². The third-order valence-corrected chi connectivity index (χ3v) is 3.61. The van der Waals surface area contributed by atoms with Crippen molar-refractivity contribution < 1.29 is 4.74 Å². The lowest BCUT2D eigenvalue weighted by Crippen LogP contribution is -2.20. The van der Waals surface area contributed by atoms with Gasteiger partial charge in [-0.3, -0.25) is 0 Å². The molecule has 1 radical (unpaired) electrons. The van der Waals surface area contributed by atoms with Gasteiger partial charge in [-0.2, -0.15) is 0 Å². The summed E-state index contributed by atoms with van der Waals surface area (Å²) in [6.45, 7) is 6.91. The molecule has 2 heteroatoms. The molecule has 0 saturated carbocycles. The lowest BCUT2D eigenvalue weighted by molar-refractivity contribution is 0.310. The monoisotopic (exact) mass is 296 g/mol. The highest BCUT2D eigenvalue weighted by Crippen LogP contribution is 2.20. The van der Waals surface area contributed by atoms with Crippen molar-refractivity contribution in [2.45, 2.75) is 33.2 Å². The van der Waals surface area contributed by atoms with Gasteiger partial charge in [0.25, 0.3) is 0 Å². The van der Waals surface area contributed by atoms with Crippen molar-refractivity contribution in [1.82, 2.24) is 5.32 Å². The van der Waals surface area contributed by atoms with E-state index in [0.717, 1.165) is 25.3 Å². The fourth-order valence-corrected chi connectivity index (χ4v) is 2.29. The highest BCUT2D eigenvalue weighted by molar-refractivity contribution is 5.32. The Labute approximate surface area is 134 Å². The molecule has 0 aliphatic heterocycles. The second kappa shape index (κ2) is 9.26. The standard InChI is InChI=1S/C20H26NO/c1-17(2)12-13-19-10-6-7-11-20(19)22-15-14-21-16-18-8-4-3-5-9-18/h3-6,8-11,17,21H,12-16H2,1-2H3. The molecule has 0 atom stereocenters. The molecule has 0 bridgehead atoms. The number of nitrogens with one attached hydrogen (secondary N) is 1. The molecule has 1 N–H and O–H groups in total. The van der Waals surface area contributed by atoms with Gasteiger partial charge >= 0.3 is 0 Å². The second-order valence-electron chi connectivity index (χ2n) is 5.98. The Hall–Kier alpha value is -1.80. The third-order valence-electron chi connectivity index (χ3n) is 3.61. The Morgan fingerprint density at radius 1 is 1.14 bits per heavy atom. The van der Waals surface area contributed by atoms with Crippen LogP contribution in [0.25, 0.3) is 0 Å². The summed E-state index contributed by atoms with van der Waals surface area (Å²) in [5.41, 5.74) is 2.59. The molecule has 0 aromatic heterocycles. The van der Waals surface area contributed by atoms with Crippen LogP contribution in [0.2, 0.25) is 0 Å². The van der Waals surface area contributed by atoms with E-state index in [1.54, 1.807) is 0 Å². The maximum Gasteiger partial charge on any atom is 0.123 e. The first-order valence-corrected chi connectivity index (χ1v) is 8.12. The molecular weight excluding hydrogens is 270 g/mol. The zero-order valence-electron chi connectivity index (χ0n) is 13.6. The van der Waals surface area contributed by atoms with Crippen LogP contribution in [0.3, 0.4) is 0 Å². The van der Waals surface area contributed by atoms with E-state index in [1.807, 2.05) is 18.2 Å². The van der Waals surface area contributed by atoms with Crippen LogP contribution < -0.4 is 10.1 Å². The Kier molecular flexibility index (Phi) is 6.98. The molecule has 0 heterocycles. The zero-order chi connectivity index (χ0) is 15.6. The lowest BCUT2D eigenvalue weighted by atomic mass is 10.0. The molecule has 0 aliphatic carbocycles. The van der Waals surface area contributed by atoms with E-state index in [4.69, 9.17) is 4.74 Å². The number of hydrogen-bond donors (Lipinski definition) is 1. The molecular formula is C20H26NO. The first-order chi connectivity index (χ1) is 10.8. The van der Waals surface area contributed by atoms with E-state index in [2.05, 4.69) is 55.6 Å². The van der Waals surface area contributed by atoms with E-state index in [0.29, 0.717) is 12.5 Å². The van der Waals surface area contributed by atoms with Gasteiger partial charge in [0.1, 0.15) is 12.4 Å². The van der Waals surface area contributed by atoms with Crippen LogP contribution >= 0.6 is 0 Å². The highest BCUT2D eigenvalue weighted by atomic mass is 16.5. The van der Waals surface area contributed by atoms with Crippen molar-refractivity contribution in [2.24, 2.45) is 5.92 Å². The van der Waals surface area contributed by atoms with E-state index in [9.17, 15) is 0 Å². The first-order valence-electron chi connectivity index (χ1n) is 8.12. The van der Waals surface area contributed by atoms with Crippen molar-refractivity contribution in [3.63, 3.8) is 0 Å². The van der Waals surface area contributed by atoms with Gasteiger partial charge in [0.2, 0.25) is 0 Å². The van der Waals surface area contributed by atoms with Crippen LogP contribution in [-0.4, -0.2) is 13.2 Å². The normalized spacial score (nSPS) is 10.9. The van der Waals surface area contributed by atoms with Gasteiger partial charge in [0, 0.05) is 13.1 Å². The van der Waals surface area contributed by atoms with Crippen molar-refractivity contribution in [2.75, 3.05) is 13.2 Å². The van der Waals surface area contributed by atoms with E-state index >= 15 is 0 Å². The van der Waals surface area contributed by atoms with Gasteiger partial charge in [-0.25, -0.2) is 0 Å². The first kappa shape index (κ1) is 16.6. The molecule has 0 amide bonds. The summed E-state index contributed by atoms with van der Waals surface area (Å²) in [5.74, 6) is 1.69. The van der Waals surface area contributed by atoms with Crippen LogP contribution in [0.1, 0.15) is 31.4 Å². The molecule has 22 heavy (non-hydrogen) atoms. The Balaban J connectivity index is 1.72. The predicted molar refractivity (Wildman–Crippen MR) is 92.1 cm³/mol. The van der Waals surface area contributed by atoms with Gasteiger partial charge in [0.15, 0.2) is 0 Å². The Bertz CT molecular complexity index is 536. The SMILES string of the molecule is CC(C)CCc1cc[c]cc1OCCNCc1ccccc1. The molecule has 0 fully saturated rings. The number of rotatable bonds is 9. The summed E-state index contributed by atoms with van der Waals surface area (Å²) in [5, 5.41) is 3.41. The number of hydrogen-bond acceptors (Lipinski definition) is 2. The third kappa shape index (κ3) is 5.90. The smallest absolute Gasteiger partial charge is 0.123 e. The summed E-state index contributed by atoms with van der Waals surface area (Å²) in [7, 11) is 0. The minimum atomic E-state index is 0.680. The number of aryl methyl sites for hydroxylation is 1. The molecule has 2 aromatic rings. The van der Waals surface area contributed by atoms with E-state index in [1.165, 1.54) is 17.5 Å². The number of ether oxygens (including phenoxy) is 1. The maximum absolute atomic E-state index is 5.91. The minimum absolute atomic E-state index is 0.680. The van der Waals surface area contributed by atoms with Crippen LogP contribution in [-0.2, 0) is 13.0 Å². The molecule has 117 valence electrons. The summed E-state index contributed by atoms with van der Waals surface area (Å²) in [6.07, 6.45) is 2.26. The van der Waals surface area contributed by atoms with Gasteiger partial charge < -0.3 is 10.1 Å². The van der Waals surface area contributed by atoms with Gasteiger partial charge in [-0.05, 0) is 42.0 Å². The van der Waals surface area contributed by atoms with Crippen molar-refractivity contribution in [3.05, 3.63) is 65.7 Å². The fraction of sp³-hybridized carbons (Fsp3) is 0.400. The average molecular weight is 296 g/mol. The average Bonchev–Trinajstić information content (AvgIpc) is 2.54. The largest absolute Gasteiger partial charge is 0.492 e. The highest BCUT2D eigenvalue weighted by Gasteiger charge is 2.04. The molecule has 0 aliphatic rings. The van der Waals surface area contributed by atoms with Gasteiger partial charge in [0.05, 0.1) is 0 Å². The quantitative estimate of drug-likeness (QED) is 0.699. The predicted octanol–water partition coefficient (Wildman–Crippen LogP) is 4.24. The van der Waals surface area contributed by atoms with Crippen LogP contribution in [0.4, 0.5) is 0 Å². The molecule has 0 spiro atoms. The van der Waals surface area contributed by atoms with Gasteiger partial charge in [-0.1, -0.05) is 56.3 Å². The van der Waals surface area contributed by atoms with Crippen molar-refractivity contribution in [3.8, 4) is 5.75 Å². The van der Waals surface area contributed by atoms with E-state index < -0.39 is 0 Å². The summed E-state index contributed by atoms with van der Waals surface area (Å²) in [4.78, 5) is 0. The molecule has 2 nitrogen and oxygen atoms in total. The van der Waals surface area contributed by atoms with Crippen molar-refractivity contribution >= 4 is 0 Å². The summed E-state index contributed by atoms with van der Waals surface area (Å²) in [6, 6.07) is 19.6. The molecule has 0 saturated heterocycles. The lowest BCUT2D eigenvalue weighted by Gasteiger charge is -2.12. The maximum atomic E-state index is 5.91. The summed E-state index contributed by atoms with van der Waals surface area (Å²) < 4.78 is 5.91. The van der Waals surface area contributed by atoms with Gasteiger partial charge in [-0.15, -0.1) is 0 Å². The minimum Gasteiger partial charge on any atom is -0.492 e. The molecule has 2 rings (SSSR count). The Morgan fingerprint density at radius 3 is 2.73 bits per heavy atom. The van der Waals surface area contributed by atoms with Crippen LogP contribution in [0, 0.1) is 12.0 Å². The molecule has 0 unspecified atom stereocenters. The molecule has 2 aromatic carbocycles. The topological polar surface area (TPSA) is 21.3 Å². The Morgan fingerprint density at radius 2 is 1.95 bits per heavy atom. The fourth-order valence-electron chi connectivity index (χ4n) is 2.29. The van der Waals surface area contributed by atoms with Crippen molar-refractivity contribution in [1.29, 1.82) is 0 Å². The zero-order valence-corrected chi connectivity index (χ0v) is 13.6. The summed E-state index contributed by atoms with van der Waals surface area (Å²) >= 11 is 0. The number of benzene rings is 2.